The van der Waals surface area contributed by atoms with Crippen molar-refractivity contribution in [2.24, 2.45) is 0 Å². The first-order chi connectivity index (χ1) is 14.7. The number of nitrogens with two attached hydrogens (primary N) is 1. The zero-order valence-corrected chi connectivity index (χ0v) is 16.9. The Morgan fingerprint density at radius 3 is 2.60 bits per heavy atom. The maximum Gasteiger partial charge on any atom is 0.226 e. The Labute approximate surface area is 175 Å². The van der Waals surface area contributed by atoms with Crippen LogP contribution in [0.4, 0.5) is 5.69 Å². The minimum atomic E-state index is 0.678. The van der Waals surface area contributed by atoms with Crippen LogP contribution in [0.3, 0.4) is 0 Å². The first kappa shape index (κ1) is 18.5. The molecule has 6 heteroatoms. The van der Waals surface area contributed by atoms with Gasteiger partial charge >= 0.3 is 0 Å². The molecule has 0 saturated heterocycles. The Bertz CT molecular complexity index is 1170. The molecule has 0 bridgehead atoms. The van der Waals surface area contributed by atoms with Gasteiger partial charge in [0.1, 0.15) is 5.76 Å². The summed E-state index contributed by atoms with van der Waals surface area (Å²) < 4.78 is 5.91. The summed E-state index contributed by atoms with van der Waals surface area (Å²) in [5.41, 5.74) is 11.8. The van der Waals surface area contributed by atoms with Crippen LogP contribution >= 0.6 is 0 Å². The molecule has 0 aliphatic carbocycles. The van der Waals surface area contributed by atoms with Crippen LogP contribution in [0.2, 0.25) is 0 Å². The molecule has 0 radical (unpaired) electrons. The molecule has 2 aromatic carbocycles. The van der Waals surface area contributed by atoms with Crippen molar-refractivity contribution in [1.29, 1.82) is 0 Å². The second-order valence-corrected chi connectivity index (χ2v) is 7.64. The van der Waals surface area contributed by atoms with Crippen LogP contribution in [0.15, 0.2) is 65.2 Å². The predicted molar refractivity (Wildman–Crippen MR) is 116 cm³/mol. The number of hydrogen-bond donors (Lipinski definition) is 1. The fraction of sp³-hybridized carbons (Fsp3) is 0.208. The largest absolute Gasteiger partial charge is 0.441 e. The van der Waals surface area contributed by atoms with Crippen molar-refractivity contribution in [2.45, 2.75) is 26.4 Å². The molecule has 0 atom stereocenters. The van der Waals surface area contributed by atoms with Gasteiger partial charge in [-0.15, -0.1) is 0 Å². The molecule has 3 heterocycles. The topological polar surface area (TPSA) is 81.1 Å². The van der Waals surface area contributed by atoms with E-state index >= 15 is 0 Å². The Hall–Kier alpha value is -3.51. The average Bonchev–Trinajstić information content (AvgIpc) is 3.15. The van der Waals surface area contributed by atoms with Crippen molar-refractivity contribution in [2.75, 3.05) is 12.3 Å². The minimum absolute atomic E-state index is 0.678. The van der Waals surface area contributed by atoms with Crippen LogP contribution in [0, 0.1) is 6.92 Å². The molecule has 1 aliphatic rings. The molecule has 5 rings (SSSR count). The van der Waals surface area contributed by atoms with Crippen LogP contribution in [0.25, 0.3) is 22.8 Å². The molecule has 4 aromatic rings. The highest BCUT2D eigenvalue weighted by Gasteiger charge is 2.21. The smallest absolute Gasteiger partial charge is 0.226 e. The van der Waals surface area contributed by atoms with E-state index in [-0.39, 0.29) is 0 Å². The molecule has 0 fully saturated rings. The number of aryl methyl sites for hydroxylation is 1. The summed E-state index contributed by atoms with van der Waals surface area (Å²) in [5, 5.41) is 0. The summed E-state index contributed by atoms with van der Waals surface area (Å²) in [4.78, 5) is 16.5. The molecule has 0 amide bonds. The van der Waals surface area contributed by atoms with E-state index in [9.17, 15) is 0 Å². The van der Waals surface area contributed by atoms with Crippen molar-refractivity contribution in [3.63, 3.8) is 0 Å². The average molecular weight is 397 g/mol. The van der Waals surface area contributed by atoms with E-state index in [1.807, 2.05) is 67.7 Å². The van der Waals surface area contributed by atoms with E-state index in [1.165, 1.54) is 5.56 Å². The SMILES string of the molecule is Cc1oc(-c2ccccc2)nc1CN1CCc2nc(-c3ccc(N)cc3)ncc2C1. The summed E-state index contributed by atoms with van der Waals surface area (Å²) in [6.45, 7) is 4.47. The Morgan fingerprint density at radius 2 is 1.80 bits per heavy atom. The van der Waals surface area contributed by atoms with Gasteiger partial charge in [-0.25, -0.2) is 15.0 Å². The van der Waals surface area contributed by atoms with Gasteiger partial charge in [-0.3, -0.25) is 4.90 Å². The van der Waals surface area contributed by atoms with Crippen molar-refractivity contribution in [3.05, 3.63) is 83.5 Å². The van der Waals surface area contributed by atoms with Gasteiger partial charge in [0.25, 0.3) is 0 Å². The quantitative estimate of drug-likeness (QED) is 0.519. The number of nitrogens with zero attached hydrogens (tertiary/aromatic N) is 4. The summed E-state index contributed by atoms with van der Waals surface area (Å²) in [6, 6.07) is 17.7. The van der Waals surface area contributed by atoms with Gasteiger partial charge in [0, 0.05) is 54.6 Å². The summed E-state index contributed by atoms with van der Waals surface area (Å²) >= 11 is 0. The van der Waals surface area contributed by atoms with Gasteiger partial charge in [0.15, 0.2) is 5.82 Å². The van der Waals surface area contributed by atoms with E-state index < -0.39 is 0 Å². The molecule has 2 aromatic heterocycles. The first-order valence-electron chi connectivity index (χ1n) is 10.1. The van der Waals surface area contributed by atoms with E-state index in [2.05, 4.69) is 9.88 Å². The minimum Gasteiger partial charge on any atom is -0.441 e. The highest BCUT2D eigenvalue weighted by Crippen LogP contribution is 2.25. The van der Waals surface area contributed by atoms with Crippen LogP contribution in [-0.4, -0.2) is 26.4 Å². The normalized spacial score (nSPS) is 13.9. The van der Waals surface area contributed by atoms with Crippen LogP contribution in [0.5, 0.6) is 0 Å². The first-order valence-corrected chi connectivity index (χ1v) is 10.1. The van der Waals surface area contributed by atoms with E-state index in [0.717, 1.165) is 65.8 Å². The molecule has 0 saturated carbocycles. The maximum absolute atomic E-state index is 5.91. The number of oxazole rings is 1. The number of fused-ring (bicyclic) bond motifs is 1. The van der Waals surface area contributed by atoms with Crippen LogP contribution < -0.4 is 5.73 Å². The van der Waals surface area contributed by atoms with E-state index in [4.69, 9.17) is 20.1 Å². The highest BCUT2D eigenvalue weighted by molar-refractivity contribution is 5.59. The monoisotopic (exact) mass is 397 g/mol. The lowest BCUT2D eigenvalue weighted by Crippen LogP contribution is -2.31. The Balaban J connectivity index is 1.32. The fourth-order valence-corrected chi connectivity index (χ4v) is 3.77. The molecule has 0 spiro atoms. The molecule has 1 aliphatic heterocycles. The molecule has 6 nitrogen and oxygen atoms in total. The maximum atomic E-state index is 5.91. The lowest BCUT2D eigenvalue weighted by Gasteiger charge is -2.27. The number of aromatic nitrogens is 3. The second kappa shape index (κ2) is 7.72. The molecule has 30 heavy (non-hydrogen) atoms. The van der Waals surface area contributed by atoms with Crippen molar-refractivity contribution >= 4 is 5.69 Å². The zero-order chi connectivity index (χ0) is 20.5. The molecule has 0 unspecified atom stereocenters. The van der Waals surface area contributed by atoms with E-state index in [1.54, 1.807) is 0 Å². The predicted octanol–water partition coefficient (Wildman–Crippen LogP) is 4.25. The van der Waals surface area contributed by atoms with Crippen LogP contribution in [0.1, 0.15) is 22.7 Å². The number of hydrogen-bond acceptors (Lipinski definition) is 6. The number of benzene rings is 2. The third-order valence-corrected chi connectivity index (χ3v) is 5.47. The zero-order valence-electron chi connectivity index (χ0n) is 16.9. The summed E-state index contributed by atoms with van der Waals surface area (Å²) in [5.74, 6) is 2.30. The number of anilines is 1. The molecular formula is C24H23N5O. The molecule has 2 N–H and O–H groups in total. The van der Waals surface area contributed by atoms with Gasteiger partial charge in [-0.2, -0.15) is 0 Å². The van der Waals surface area contributed by atoms with Crippen molar-refractivity contribution < 1.29 is 4.42 Å². The highest BCUT2D eigenvalue weighted by atomic mass is 16.4. The van der Waals surface area contributed by atoms with Crippen molar-refractivity contribution in [3.8, 4) is 22.8 Å². The summed E-state index contributed by atoms with van der Waals surface area (Å²) in [6.07, 6.45) is 2.84. The standard InChI is InChI=1S/C24H23N5O/c1-16-22(28-24(30-16)18-5-3-2-4-6-18)15-29-12-11-21-19(14-29)13-26-23(27-21)17-7-9-20(25)10-8-17/h2-10,13H,11-12,14-15,25H2,1H3. The number of rotatable bonds is 4. The molecular weight excluding hydrogens is 374 g/mol. The Morgan fingerprint density at radius 1 is 1.00 bits per heavy atom. The molecule has 150 valence electrons. The van der Waals surface area contributed by atoms with E-state index in [0.29, 0.717) is 5.89 Å². The van der Waals surface area contributed by atoms with Gasteiger partial charge < -0.3 is 10.2 Å². The third kappa shape index (κ3) is 3.69. The van der Waals surface area contributed by atoms with Gasteiger partial charge in [-0.1, -0.05) is 18.2 Å². The van der Waals surface area contributed by atoms with Crippen molar-refractivity contribution in [1.82, 2.24) is 19.9 Å². The second-order valence-electron chi connectivity index (χ2n) is 7.64. The third-order valence-electron chi connectivity index (χ3n) is 5.47. The van der Waals surface area contributed by atoms with Crippen LogP contribution in [-0.2, 0) is 19.5 Å². The van der Waals surface area contributed by atoms with Gasteiger partial charge in [0.2, 0.25) is 5.89 Å². The lowest BCUT2D eigenvalue weighted by atomic mass is 10.1. The lowest BCUT2D eigenvalue weighted by molar-refractivity contribution is 0.239. The van der Waals surface area contributed by atoms with Gasteiger partial charge in [-0.05, 0) is 43.3 Å². The Kier molecular flexibility index (Phi) is 4.77. The summed E-state index contributed by atoms with van der Waals surface area (Å²) in [7, 11) is 0. The number of nitrogen functional groups attached to an aromatic ring is 1. The van der Waals surface area contributed by atoms with Gasteiger partial charge in [0.05, 0.1) is 11.4 Å². The fourth-order valence-electron chi connectivity index (χ4n) is 3.77.